The molecule has 5 heteroatoms. The fraction of sp³-hybridized carbons (Fsp3) is 0.263. The molecule has 1 aromatic carbocycles. The first-order chi connectivity index (χ1) is 11.6. The number of carbonyl (C=O) groups excluding carboxylic acids is 1. The lowest BCUT2D eigenvalue weighted by molar-refractivity contribution is -0.160. The fourth-order valence-corrected chi connectivity index (χ4v) is 2.57. The molecule has 0 bridgehead atoms. The molecule has 5 nitrogen and oxygen atoms in total. The molecule has 1 aromatic rings. The molecule has 0 N–H and O–H groups in total. The molecule has 0 saturated carbocycles. The van der Waals surface area contributed by atoms with E-state index >= 15 is 0 Å². The SMILES string of the molecule is C=C/C=C(\C=C/C)N1CC(c2ccccc2)C(C(=O)N(C)OC)=N1. The Bertz CT molecular complexity index is 677. The Morgan fingerprint density at radius 1 is 1.42 bits per heavy atom. The number of carbonyl (C=O) groups is 1. The predicted octanol–water partition coefficient (Wildman–Crippen LogP) is 3.11. The first kappa shape index (κ1) is 17.7. The van der Waals surface area contributed by atoms with Gasteiger partial charge in [-0.25, -0.2) is 5.06 Å². The van der Waals surface area contributed by atoms with E-state index in [4.69, 9.17) is 4.84 Å². The summed E-state index contributed by atoms with van der Waals surface area (Å²) in [5, 5.41) is 7.59. The van der Waals surface area contributed by atoms with Crippen molar-refractivity contribution in [2.75, 3.05) is 20.7 Å². The van der Waals surface area contributed by atoms with Crippen LogP contribution in [-0.4, -0.2) is 42.4 Å². The second kappa shape index (κ2) is 8.26. The number of allylic oxidation sites excluding steroid dienone is 4. The maximum atomic E-state index is 12.6. The van der Waals surface area contributed by atoms with Crippen LogP contribution in [0.5, 0.6) is 0 Å². The second-order valence-corrected chi connectivity index (χ2v) is 5.34. The maximum Gasteiger partial charge on any atom is 0.294 e. The van der Waals surface area contributed by atoms with Gasteiger partial charge in [0.15, 0.2) is 0 Å². The number of hydroxylamine groups is 2. The molecule has 1 heterocycles. The van der Waals surface area contributed by atoms with Crippen molar-refractivity contribution in [3.05, 3.63) is 72.5 Å². The lowest BCUT2D eigenvalue weighted by atomic mass is 9.94. The van der Waals surface area contributed by atoms with E-state index in [-0.39, 0.29) is 11.8 Å². The first-order valence-electron chi connectivity index (χ1n) is 7.81. The number of rotatable bonds is 6. The molecule has 0 saturated heterocycles. The van der Waals surface area contributed by atoms with E-state index in [1.807, 2.05) is 60.5 Å². The van der Waals surface area contributed by atoms with Crippen molar-refractivity contribution in [2.45, 2.75) is 12.8 Å². The summed E-state index contributed by atoms with van der Waals surface area (Å²) in [5.74, 6) is -0.359. The molecule has 1 unspecified atom stereocenters. The normalized spacial score (nSPS) is 18.0. The summed E-state index contributed by atoms with van der Waals surface area (Å²) >= 11 is 0. The third kappa shape index (κ3) is 3.81. The predicted molar refractivity (Wildman–Crippen MR) is 96.2 cm³/mol. The standard InChI is InChI=1S/C19H23N3O2/c1-5-10-16(11-6-2)22-14-17(15-12-8-7-9-13-15)18(20-22)19(23)21(3)24-4/h5-13,17H,1,14H2,2-4H3/b11-6-,16-10+. The summed E-state index contributed by atoms with van der Waals surface area (Å²) < 4.78 is 0. The van der Waals surface area contributed by atoms with Gasteiger partial charge in [-0.05, 0) is 24.6 Å². The highest BCUT2D eigenvalue weighted by atomic mass is 16.7. The van der Waals surface area contributed by atoms with Gasteiger partial charge in [-0.1, -0.05) is 49.1 Å². The largest absolute Gasteiger partial charge is 0.294 e. The van der Waals surface area contributed by atoms with Crippen LogP contribution in [0.4, 0.5) is 0 Å². The van der Waals surface area contributed by atoms with Crippen LogP contribution in [0.1, 0.15) is 18.4 Å². The van der Waals surface area contributed by atoms with Gasteiger partial charge in [0, 0.05) is 7.05 Å². The lowest BCUT2D eigenvalue weighted by Gasteiger charge is -2.18. The number of hydrogen-bond donors (Lipinski definition) is 0. The van der Waals surface area contributed by atoms with E-state index in [0.29, 0.717) is 12.3 Å². The molecule has 1 atom stereocenters. The van der Waals surface area contributed by atoms with E-state index in [0.717, 1.165) is 11.3 Å². The van der Waals surface area contributed by atoms with E-state index in [1.54, 1.807) is 13.1 Å². The zero-order valence-electron chi connectivity index (χ0n) is 14.3. The van der Waals surface area contributed by atoms with Crippen molar-refractivity contribution in [1.29, 1.82) is 0 Å². The highest BCUT2D eigenvalue weighted by Gasteiger charge is 2.35. The lowest BCUT2D eigenvalue weighted by Crippen LogP contribution is -2.34. The molecule has 0 aromatic heterocycles. The molecule has 126 valence electrons. The van der Waals surface area contributed by atoms with Crippen LogP contribution in [0, 0.1) is 0 Å². The van der Waals surface area contributed by atoms with Crippen molar-refractivity contribution in [3.8, 4) is 0 Å². The van der Waals surface area contributed by atoms with Gasteiger partial charge >= 0.3 is 0 Å². The maximum absolute atomic E-state index is 12.6. The van der Waals surface area contributed by atoms with E-state index in [1.165, 1.54) is 12.2 Å². The molecule has 2 rings (SSSR count). The highest BCUT2D eigenvalue weighted by Crippen LogP contribution is 2.28. The van der Waals surface area contributed by atoms with Crippen molar-refractivity contribution in [3.63, 3.8) is 0 Å². The molecule has 1 aliphatic heterocycles. The van der Waals surface area contributed by atoms with E-state index in [9.17, 15) is 4.79 Å². The van der Waals surface area contributed by atoms with Crippen LogP contribution in [0.25, 0.3) is 0 Å². The van der Waals surface area contributed by atoms with Crippen molar-refractivity contribution < 1.29 is 9.63 Å². The molecule has 0 spiro atoms. The minimum atomic E-state index is -0.243. The van der Waals surface area contributed by atoms with Gasteiger partial charge in [0.1, 0.15) is 5.71 Å². The molecule has 24 heavy (non-hydrogen) atoms. The Hall–Kier alpha value is -2.66. The summed E-state index contributed by atoms with van der Waals surface area (Å²) in [6.45, 7) is 6.28. The molecule has 0 fully saturated rings. The highest BCUT2D eigenvalue weighted by molar-refractivity contribution is 6.41. The molecular weight excluding hydrogens is 302 g/mol. The van der Waals surface area contributed by atoms with Crippen molar-refractivity contribution in [2.24, 2.45) is 5.10 Å². The Labute approximate surface area is 143 Å². The topological polar surface area (TPSA) is 45.1 Å². The summed E-state index contributed by atoms with van der Waals surface area (Å²) in [6.07, 6.45) is 7.46. The third-order valence-electron chi connectivity index (χ3n) is 3.82. The average Bonchev–Trinajstić information content (AvgIpc) is 3.06. The molecule has 1 amide bonds. The monoisotopic (exact) mass is 325 g/mol. The Balaban J connectivity index is 2.41. The third-order valence-corrected chi connectivity index (χ3v) is 3.82. The van der Waals surface area contributed by atoms with Gasteiger partial charge < -0.3 is 0 Å². The summed E-state index contributed by atoms with van der Waals surface area (Å²) in [6, 6.07) is 9.91. The van der Waals surface area contributed by atoms with Crippen LogP contribution < -0.4 is 0 Å². The number of nitrogens with zero attached hydrogens (tertiary/aromatic N) is 3. The van der Waals surface area contributed by atoms with Gasteiger partial charge in [0.05, 0.1) is 25.3 Å². The van der Waals surface area contributed by atoms with Gasteiger partial charge in [0.25, 0.3) is 5.91 Å². The Morgan fingerprint density at radius 3 is 2.71 bits per heavy atom. The number of benzene rings is 1. The number of amides is 1. The summed E-state index contributed by atoms with van der Waals surface area (Å²) in [4.78, 5) is 17.7. The van der Waals surface area contributed by atoms with Crippen LogP contribution >= 0.6 is 0 Å². The van der Waals surface area contributed by atoms with Gasteiger partial charge in [-0.3, -0.25) is 14.6 Å². The molecule has 0 aliphatic carbocycles. The Morgan fingerprint density at radius 2 is 2.12 bits per heavy atom. The van der Waals surface area contributed by atoms with Gasteiger partial charge in [-0.2, -0.15) is 5.10 Å². The zero-order valence-corrected chi connectivity index (χ0v) is 14.3. The Kier molecular flexibility index (Phi) is 6.09. The second-order valence-electron chi connectivity index (χ2n) is 5.34. The van der Waals surface area contributed by atoms with Gasteiger partial charge in [-0.15, -0.1) is 0 Å². The molecule has 0 radical (unpaired) electrons. The van der Waals surface area contributed by atoms with Crippen molar-refractivity contribution in [1.82, 2.24) is 10.1 Å². The average molecular weight is 325 g/mol. The van der Waals surface area contributed by atoms with Crippen LogP contribution in [-0.2, 0) is 9.63 Å². The van der Waals surface area contributed by atoms with Crippen molar-refractivity contribution >= 4 is 11.6 Å². The van der Waals surface area contributed by atoms with E-state index < -0.39 is 0 Å². The minimum absolute atomic E-state index is 0.116. The van der Waals surface area contributed by atoms with E-state index in [2.05, 4.69) is 11.7 Å². The summed E-state index contributed by atoms with van der Waals surface area (Å²) in [5.41, 5.74) is 2.40. The minimum Gasteiger partial charge on any atom is -0.274 e. The molecular formula is C19H23N3O2. The molecule has 1 aliphatic rings. The zero-order chi connectivity index (χ0) is 17.5. The number of hydrogen-bond acceptors (Lipinski definition) is 4. The summed E-state index contributed by atoms with van der Waals surface area (Å²) in [7, 11) is 3.05. The smallest absolute Gasteiger partial charge is 0.274 e. The fourth-order valence-electron chi connectivity index (χ4n) is 2.57. The van der Waals surface area contributed by atoms with Gasteiger partial charge in [0.2, 0.25) is 0 Å². The van der Waals surface area contributed by atoms with Crippen LogP contribution in [0.15, 0.2) is 72.0 Å². The van der Waals surface area contributed by atoms with Crippen LogP contribution in [0.3, 0.4) is 0 Å². The first-order valence-corrected chi connectivity index (χ1v) is 7.81. The number of hydrazone groups is 1. The van der Waals surface area contributed by atoms with Crippen LogP contribution in [0.2, 0.25) is 0 Å². The quantitative estimate of drug-likeness (QED) is 0.596.